The summed E-state index contributed by atoms with van der Waals surface area (Å²) in [5.74, 6) is 0. The predicted molar refractivity (Wildman–Crippen MR) is 93.1 cm³/mol. The minimum absolute atomic E-state index is 0.360. The first kappa shape index (κ1) is 16.7. The minimum Gasteiger partial charge on any atom is -0.392 e. The van der Waals surface area contributed by atoms with E-state index in [0.717, 1.165) is 19.4 Å². The molecule has 0 bridgehead atoms. The molecule has 0 aromatic heterocycles. The summed E-state index contributed by atoms with van der Waals surface area (Å²) in [6.07, 6.45) is 1.22. The summed E-state index contributed by atoms with van der Waals surface area (Å²) in [5.41, 5.74) is 2.02. The molecule has 0 radical (unpaired) electrons. The summed E-state index contributed by atoms with van der Waals surface area (Å²) in [6.45, 7) is 2.99. The highest BCUT2D eigenvalue weighted by Crippen LogP contribution is 2.40. The number of nitrogens with zero attached hydrogens (tertiary/aromatic N) is 1. The maximum absolute atomic E-state index is 11.0. The molecule has 2 aromatic carbocycles. The third-order valence-corrected chi connectivity index (χ3v) is 4.49. The Kier molecular flexibility index (Phi) is 5.76. The molecule has 0 heterocycles. The molecule has 2 nitrogen and oxygen atoms in total. The zero-order chi connectivity index (χ0) is 16.0. The summed E-state index contributed by atoms with van der Waals surface area (Å²) in [6, 6.07) is 20.9. The van der Waals surface area contributed by atoms with E-state index in [2.05, 4.69) is 74.4 Å². The third-order valence-electron chi connectivity index (χ3n) is 4.49. The number of hydrogen-bond acceptors (Lipinski definition) is 2. The monoisotopic (exact) mass is 297 g/mol. The summed E-state index contributed by atoms with van der Waals surface area (Å²) >= 11 is 0. The Hall–Kier alpha value is -1.64. The molecule has 0 amide bonds. The van der Waals surface area contributed by atoms with Gasteiger partial charge in [0.25, 0.3) is 0 Å². The first-order valence-corrected chi connectivity index (χ1v) is 8.05. The summed E-state index contributed by atoms with van der Waals surface area (Å²) < 4.78 is 0. The van der Waals surface area contributed by atoms with E-state index in [1.54, 1.807) is 0 Å². The topological polar surface area (TPSA) is 23.5 Å². The van der Waals surface area contributed by atoms with Gasteiger partial charge in [-0.25, -0.2) is 0 Å². The lowest BCUT2D eigenvalue weighted by Gasteiger charge is -2.40. The average Bonchev–Trinajstić information content (AvgIpc) is 2.57. The van der Waals surface area contributed by atoms with Gasteiger partial charge in [-0.15, -0.1) is 0 Å². The summed E-state index contributed by atoms with van der Waals surface area (Å²) in [5, 5.41) is 11.0. The fourth-order valence-electron chi connectivity index (χ4n) is 3.23. The molecule has 0 fully saturated rings. The molecule has 0 saturated heterocycles. The molecule has 22 heavy (non-hydrogen) atoms. The van der Waals surface area contributed by atoms with Gasteiger partial charge in [-0.3, -0.25) is 0 Å². The quantitative estimate of drug-likeness (QED) is 0.842. The minimum atomic E-state index is -0.405. The van der Waals surface area contributed by atoms with Gasteiger partial charge in [-0.05, 0) is 44.6 Å². The van der Waals surface area contributed by atoms with Crippen molar-refractivity contribution in [2.75, 3.05) is 20.6 Å². The Morgan fingerprint density at radius 3 is 1.73 bits per heavy atom. The lowest BCUT2D eigenvalue weighted by molar-refractivity contribution is 0.0876. The molecule has 0 spiro atoms. The molecule has 0 unspecified atom stereocenters. The van der Waals surface area contributed by atoms with Crippen LogP contribution in [0.2, 0.25) is 0 Å². The second-order valence-corrected chi connectivity index (χ2v) is 6.18. The molecule has 1 atom stereocenters. The van der Waals surface area contributed by atoms with E-state index >= 15 is 0 Å². The maximum Gasteiger partial charge on any atom is 0.0675 e. The fourth-order valence-corrected chi connectivity index (χ4v) is 3.23. The maximum atomic E-state index is 11.0. The van der Waals surface area contributed by atoms with Gasteiger partial charge in [0.1, 0.15) is 0 Å². The molecular formula is C20H27NO. The predicted octanol–water partition coefficient (Wildman–Crippen LogP) is 3.70. The highest BCUT2D eigenvalue weighted by Gasteiger charge is 2.40. The smallest absolute Gasteiger partial charge is 0.0675 e. The SMILES string of the molecule is CC[C@H](O)C(CCN(C)C)(c1ccccc1)c1ccccc1. The third kappa shape index (κ3) is 3.40. The van der Waals surface area contributed by atoms with Crippen LogP contribution in [0.1, 0.15) is 30.9 Å². The second kappa shape index (κ2) is 7.57. The van der Waals surface area contributed by atoms with Crippen molar-refractivity contribution in [3.8, 4) is 0 Å². The van der Waals surface area contributed by atoms with E-state index in [4.69, 9.17) is 0 Å². The highest BCUT2D eigenvalue weighted by molar-refractivity contribution is 5.41. The Balaban J connectivity index is 2.58. The van der Waals surface area contributed by atoms with Crippen molar-refractivity contribution in [2.24, 2.45) is 0 Å². The van der Waals surface area contributed by atoms with Gasteiger partial charge in [0.15, 0.2) is 0 Å². The van der Waals surface area contributed by atoms with E-state index < -0.39 is 6.10 Å². The summed E-state index contributed by atoms with van der Waals surface area (Å²) in [4.78, 5) is 2.18. The van der Waals surface area contributed by atoms with E-state index in [9.17, 15) is 5.11 Å². The van der Waals surface area contributed by atoms with E-state index in [0.29, 0.717) is 0 Å². The molecule has 2 heteroatoms. The zero-order valence-corrected chi connectivity index (χ0v) is 13.9. The average molecular weight is 297 g/mol. The Bertz CT molecular complexity index is 511. The molecule has 1 N–H and O–H groups in total. The van der Waals surface area contributed by atoms with Crippen LogP contribution < -0.4 is 0 Å². The van der Waals surface area contributed by atoms with Gasteiger partial charge < -0.3 is 10.0 Å². The molecule has 118 valence electrons. The van der Waals surface area contributed by atoms with Crippen molar-refractivity contribution in [1.29, 1.82) is 0 Å². The normalized spacial score (nSPS) is 13.3. The zero-order valence-electron chi connectivity index (χ0n) is 13.9. The van der Waals surface area contributed by atoms with Crippen molar-refractivity contribution in [1.82, 2.24) is 4.90 Å². The van der Waals surface area contributed by atoms with Crippen molar-refractivity contribution >= 4 is 0 Å². The van der Waals surface area contributed by atoms with Crippen LogP contribution in [-0.4, -0.2) is 36.8 Å². The van der Waals surface area contributed by atoms with Crippen LogP contribution >= 0.6 is 0 Å². The van der Waals surface area contributed by atoms with Crippen molar-refractivity contribution in [3.63, 3.8) is 0 Å². The van der Waals surface area contributed by atoms with Crippen LogP contribution in [0.5, 0.6) is 0 Å². The Morgan fingerprint density at radius 2 is 1.36 bits per heavy atom. The second-order valence-electron chi connectivity index (χ2n) is 6.18. The van der Waals surface area contributed by atoms with Gasteiger partial charge in [-0.1, -0.05) is 67.6 Å². The van der Waals surface area contributed by atoms with Crippen LogP contribution in [0, 0.1) is 0 Å². The Morgan fingerprint density at radius 1 is 0.909 bits per heavy atom. The van der Waals surface area contributed by atoms with Gasteiger partial charge in [-0.2, -0.15) is 0 Å². The molecule has 0 saturated carbocycles. The van der Waals surface area contributed by atoms with Crippen molar-refractivity contribution < 1.29 is 5.11 Å². The molecule has 0 aliphatic heterocycles. The van der Waals surface area contributed by atoms with Crippen molar-refractivity contribution in [3.05, 3.63) is 71.8 Å². The lowest BCUT2D eigenvalue weighted by Crippen LogP contribution is -2.42. The molecule has 0 aliphatic carbocycles. The van der Waals surface area contributed by atoms with Crippen LogP contribution in [0.3, 0.4) is 0 Å². The van der Waals surface area contributed by atoms with Crippen LogP contribution in [0.15, 0.2) is 60.7 Å². The lowest BCUT2D eigenvalue weighted by atomic mass is 9.67. The van der Waals surface area contributed by atoms with Crippen LogP contribution in [-0.2, 0) is 5.41 Å². The van der Waals surface area contributed by atoms with Crippen LogP contribution in [0.4, 0.5) is 0 Å². The van der Waals surface area contributed by atoms with Gasteiger partial charge in [0.2, 0.25) is 0 Å². The van der Waals surface area contributed by atoms with Crippen molar-refractivity contribution in [2.45, 2.75) is 31.3 Å². The molecular weight excluding hydrogens is 270 g/mol. The standard InChI is InChI=1S/C20H27NO/c1-4-19(22)20(15-16-21(2)3,17-11-7-5-8-12-17)18-13-9-6-10-14-18/h5-14,19,22H,4,15-16H2,1-3H3/t19-/m0/s1. The number of benzene rings is 2. The van der Waals surface area contributed by atoms with E-state index in [1.807, 2.05) is 12.1 Å². The van der Waals surface area contributed by atoms with Crippen LogP contribution in [0.25, 0.3) is 0 Å². The highest BCUT2D eigenvalue weighted by atomic mass is 16.3. The first-order chi connectivity index (χ1) is 10.6. The number of aliphatic hydroxyl groups is 1. The molecule has 0 aliphatic rings. The van der Waals surface area contributed by atoms with E-state index in [-0.39, 0.29) is 5.41 Å². The van der Waals surface area contributed by atoms with Gasteiger partial charge in [0, 0.05) is 5.41 Å². The number of aliphatic hydroxyl groups excluding tert-OH is 1. The van der Waals surface area contributed by atoms with Gasteiger partial charge in [0.05, 0.1) is 6.10 Å². The fraction of sp³-hybridized carbons (Fsp3) is 0.400. The number of rotatable bonds is 7. The Labute approximate surface area is 134 Å². The summed E-state index contributed by atoms with van der Waals surface area (Å²) in [7, 11) is 4.16. The molecule has 2 rings (SSSR count). The van der Waals surface area contributed by atoms with Gasteiger partial charge >= 0.3 is 0 Å². The van der Waals surface area contributed by atoms with E-state index in [1.165, 1.54) is 11.1 Å². The number of hydrogen-bond donors (Lipinski definition) is 1. The molecule has 2 aromatic rings. The first-order valence-electron chi connectivity index (χ1n) is 8.05. The largest absolute Gasteiger partial charge is 0.392 e.